The molecule has 0 fully saturated rings. The van der Waals surface area contributed by atoms with Crippen molar-refractivity contribution in [2.24, 2.45) is 0 Å². The minimum absolute atomic E-state index is 0.0480. The molecule has 2 heterocycles. The van der Waals surface area contributed by atoms with Crippen LogP contribution in [0.4, 0.5) is 5.69 Å². The number of hydrogen-bond donors (Lipinski definition) is 1. The lowest BCUT2D eigenvalue weighted by Gasteiger charge is -2.19. The summed E-state index contributed by atoms with van der Waals surface area (Å²) in [5, 5.41) is 3.84. The van der Waals surface area contributed by atoms with E-state index in [1.54, 1.807) is 16.3 Å². The number of nitrogens with zero attached hydrogens (tertiary/aromatic N) is 2. The highest BCUT2D eigenvalue weighted by molar-refractivity contribution is 7.99. The van der Waals surface area contributed by atoms with Gasteiger partial charge in [0.1, 0.15) is 0 Å². The number of carbonyl (C=O) groups is 1. The molecular weight excluding hydrogens is 358 g/mol. The lowest BCUT2D eigenvalue weighted by Crippen LogP contribution is -2.32. The molecule has 2 aromatic rings. The van der Waals surface area contributed by atoms with Crippen molar-refractivity contribution in [1.82, 2.24) is 9.55 Å². The van der Waals surface area contributed by atoms with Gasteiger partial charge in [0.15, 0.2) is 5.16 Å². The number of benzene rings is 1. The number of amides is 1. The van der Waals surface area contributed by atoms with Gasteiger partial charge < -0.3 is 5.32 Å². The summed E-state index contributed by atoms with van der Waals surface area (Å²) in [6.07, 6.45) is 4.16. The van der Waals surface area contributed by atoms with Crippen LogP contribution in [0.1, 0.15) is 53.3 Å². The second kappa shape index (κ2) is 7.15. The van der Waals surface area contributed by atoms with Crippen molar-refractivity contribution in [3.05, 3.63) is 50.4 Å². The summed E-state index contributed by atoms with van der Waals surface area (Å²) in [5.41, 5.74) is 6.10. The molecule has 1 aliphatic heterocycles. The Kier molecular flexibility index (Phi) is 4.84. The Balaban J connectivity index is 1.56. The number of fused-ring (bicyclic) bond motifs is 2. The molecule has 6 heteroatoms. The fourth-order valence-corrected chi connectivity index (χ4v) is 5.40. The Morgan fingerprint density at radius 3 is 2.67 bits per heavy atom. The van der Waals surface area contributed by atoms with Crippen molar-refractivity contribution in [2.75, 3.05) is 11.1 Å². The van der Waals surface area contributed by atoms with Crippen molar-refractivity contribution in [3.8, 4) is 0 Å². The normalized spacial score (nSPS) is 18.1. The number of nitrogens with one attached hydrogen (secondary N) is 1. The zero-order valence-electron chi connectivity index (χ0n) is 16.1. The number of thioether (sulfide) groups is 1. The quantitative estimate of drug-likeness (QED) is 0.821. The molecule has 0 bridgehead atoms. The average molecular weight is 384 g/mol. The molecule has 1 amide bonds. The predicted octanol–water partition coefficient (Wildman–Crippen LogP) is 3.72. The molecule has 0 saturated carbocycles. The lowest BCUT2D eigenvalue weighted by molar-refractivity contribution is -0.116. The number of anilines is 1. The maximum absolute atomic E-state index is 13.0. The van der Waals surface area contributed by atoms with Gasteiger partial charge in [0.05, 0.1) is 11.7 Å². The molecule has 0 spiro atoms. The van der Waals surface area contributed by atoms with E-state index in [9.17, 15) is 9.59 Å². The van der Waals surface area contributed by atoms with Gasteiger partial charge >= 0.3 is 0 Å². The van der Waals surface area contributed by atoms with E-state index in [0.29, 0.717) is 6.42 Å². The van der Waals surface area contributed by atoms with Crippen molar-refractivity contribution >= 4 is 23.4 Å². The molecule has 1 aliphatic carbocycles. The van der Waals surface area contributed by atoms with Crippen molar-refractivity contribution in [2.45, 2.75) is 64.1 Å². The fourth-order valence-electron chi connectivity index (χ4n) is 4.25. The van der Waals surface area contributed by atoms with Gasteiger partial charge in [-0.2, -0.15) is 0 Å². The van der Waals surface area contributed by atoms with Crippen LogP contribution in [0.2, 0.25) is 0 Å². The largest absolute Gasteiger partial charge is 0.326 e. The first-order valence-corrected chi connectivity index (χ1v) is 10.6. The maximum atomic E-state index is 13.0. The summed E-state index contributed by atoms with van der Waals surface area (Å²) in [7, 11) is 0. The minimum Gasteiger partial charge on any atom is -0.326 e. The summed E-state index contributed by atoms with van der Waals surface area (Å²) >= 11 is 1.59. The molecule has 2 aliphatic rings. The van der Waals surface area contributed by atoms with Crippen LogP contribution in [-0.4, -0.2) is 21.2 Å². The summed E-state index contributed by atoms with van der Waals surface area (Å²) in [6, 6.07) is 4.02. The molecule has 0 radical (unpaired) electrons. The fraction of sp³-hybridized carbons (Fsp3) is 0.476. The number of aryl methyl sites for hydroxylation is 4. The molecule has 1 atom stereocenters. The van der Waals surface area contributed by atoms with Gasteiger partial charge in [0.25, 0.3) is 5.56 Å². The first-order chi connectivity index (χ1) is 12.9. The Morgan fingerprint density at radius 2 is 1.93 bits per heavy atom. The van der Waals surface area contributed by atoms with E-state index in [2.05, 4.69) is 24.4 Å². The van der Waals surface area contributed by atoms with Crippen LogP contribution in [-0.2, 0) is 17.6 Å². The third-order valence-electron chi connectivity index (χ3n) is 5.48. The summed E-state index contributed by atoms with van der Waals surface area (Å²) in [4.78, 5) is 30.4. The highest BCUT2D eigenvalue weighted by Gasteiger charge is 2.30. The monoisotopic (exact) mass is 383 g/mol. The van der Waals surface area contributed by atoms with Crippen LogP contribution < -0.4 is 10.9 Å². The third kappa shape index (κ3) is 3.43. The van der Waals surface area contributed by atoms with Crippen molar-refractivity contribution < 1.29 is 4.79 Å². The summed E-state index contributed by atoms with van der Waals surface area (Å²) in [5.74, 6) is 0.679. The van der Waals surface area contributed by atoms with E-state index < -0.39 is 0 Å². The van der Waals surface area contributed by atoms with Crippen LogP contribution in [0.3, 0.4) is 0 Å². The number of rotatable bonds is 3. The zero-order valence-corrected chi connectivity index (χ0v) is 16.9. The number of carbonyl (C=O) groups excluding carboxylic acids is 1. The summed E-state index contributed by atoms with van der Waals surface area (Å²) < 4.78 is 1.77. The molecule has 5 nitrogen and oxygen atoms in total. The van der Waals surface area contributed by atoms with Crippen LogP contribution in [0.25, 0.3) is 0 Å². The van der Waals surface area contributed by atoms with E-state index in [0.717, 1.165) is 64.7 Å². The van der Waals surface area contributed by atoms with Crippen LogP contribution >= 0.6 is 11.8 Å². The molecule has 27 heavy (non-hydrogen) atoms. The van der Waals surface area contributed by atoms with Crippen LogP contribution in [0, 0.1) is 20.8 Å². The standard InChI is InChI=1S/C21H25N3O2S/c1-12-8-13(2)19(14(3)9-12)23-18(25)10-15-11-27-21-22-17-7-5-4-6-16(17)20(26)24(15)21/h8-9,15H,4-7,10-11H2,1-3H3,(H,23,25). The molecule has 1 unspecified atom stereocenters. The lowest BCUT2D eigenvalue weighted by atomic mass is 9.97. The van der Waals surface area contributed by atoms with Gasteiger partial charge in [-0.25, -0.2) is 4.98 Å². The summed E-state index contributed by atoms with van der Waals surface area (Å²) in [6.45, 7) is 6.08. The molecular formula is C21H25N3O2S. The first kappa shape index (κ1) is 18.3. The number of aromatic nitrogens is 2. The van der Waals surface area contributed by atoms with E-state index in [1.807, 2.05) is 13.8 Å². The highest BCUT2D eigenvalue weighted by Crippen LogP contribution is 2.34. The van der Waals surface area contributed by atoms with Crippen LogP contribution in [0.5, 0.6) is 0 Å². The Bertz CT molecular complexity index is 957. The number of hydrogen-bond acceptors (Lipinski definition) is 4. The second-order valence-corrected chi connectivity index (χ2v) is 8.68. The van der Waals surface area contributed by atoms with Gasteiger partial charge in [-0.1, -0.05) is 29.5 Å². The molecule has 142 valence electrons. The molecule has 4 rings (SSSR count). The Morgan fingerprint density at radius 1 is 1.22 bits per heavy atom. The van der Waals surface area contributed by atoms with E-state index in [1.165, 1.54) is 5.56 Å². The molecule has 1 aromatic heterocycles. The molecule has 1 aromatic carbocycles. The average Bonchev–Trinajstić information content (AvgIpc) is 3.01. The Hall–Kier alpha value is -2.08. The van der Waals surface area contributed by atoms with Gasteiger partial charge in [0.2, 0.25) is 5.91 Å². The van der Waals surface area contributed by atoms with E-state index in [4.69, 9.17) is 4.98 Å². The van der Waals surface area contributed by atoms with Gasteiger partial charge in [-0.05, 0) is 57.6 Å². The maximum Gasteiger partial charge on any atom is 0.257 e. The van der Waals surface area contributed by atoms with Crippen molar-refractivity contribution in [3.63, 3.8) is 0 Å². The second-order valence-electron chi connectivity index (χ2n) is 7.69. The van der Waals surface area contributed by atoms with E-state index >= 15 is 0 Å². The molecule has 1 N–H and O–H groups in total. The zero-order chi connectivity index (χ0) is 19.1. The molecule has 0 saturated heterocycles. The smallest absolute Gasteiger partial charge is 0.257 e. The SMILES string of the molecule is Cc1cc(C)c(NC(=O)CC2CSc3nc4c(c(=O)n32)CCCC4)c(C)c1. The van der Waals surface area contributed by atoms with Gasteiger partial charge in [-0.3, -0.25) is 14.2 Å². The minimum atomic E-state index is -0.122. The van der Waals surface area contributed by atoms with Gasteiger partial charge in [0, 0.05) is 23.4 Å². The highest BCUT2D eigenvalue weighted by atomic mass is 32.2. The van der Waals surface area contributed by atoms with E-state index in [-0.39, 0.29) is 17.5 Å². The first-order valence-electron chi connectivity index (χ1n) is 9.59. The third-order valence-corrected chi connectivity index (χ3v) is 6.58. The topological polar surface area (TPSA) is 64.0 Å². The predicted molar refractivity (Wildman–Crippen MR) is 109 cm³/mol. The Labute approximate surface area is 163 Å². The van der Waals surface area contributed by atoms with Gasteiger partial charge in [-0.15, -0.1) is 0 Å². The van der Waals surface area contributed by atoms with Crippen molar-refractivity contribution in [1.29, 1.82) is 0 Å². The van der Waals surface area contributed by atoms with Crippen LogP contribution in [0.15, 0.2) is 22.1 Å².